The minimum absolute atomic E-state index is 0.0634. The molecule has 0 aliphatic heterocycles. The fourth-order valence-corrected chi connectivity index (χ4v) is 3.92. The smallest absolute Gasteiger partial charge is 0.326 e. The number of sulfonamides is 1. The molecule has 0 amide bonds. The number of carbonyl (C=O) groups is 1. The normalized spacial score (nSPS) is 11.5. The molecule has 10 heteroatoms. The molecular weight excluding hydrogens is 375 g/mol. The van der Waals surface area contributed by atoms with Crippen LogP contribution in [0.3, 0.4) is 0 Å². The first kappa shape index (κ1) is 18.8. The average Bonchev–Trinajstić information content (AvgIpc) is 3.01. The van der Waals surface area contributed by atoms with Gasteiger partial charge in [-0.1, -0.05) is 0 Å². The van der Waals surface area contributed by atoms with Crippen LogP contribution in [0, 0.1) is 12.7 Å². The highest BCUT2D eigenvalue weighted by Gasteiger charge is 2.28. The third kappa shape index (κ3) is 3.75. The molecular formula is C17H17FN4O4S. The molecule has 0 aliphatic rings. The summed E-state index contributed by atoms with van der Waals surface area (Å²) in [6, 6.07) is 7.70. The van der Waals surface area contributed by atoms with E-state index < -0.39 is 28.4 Å². The molecule has 1 aromatic carbocycles. The Morgan fingerprint density at radius 1 is 1.19 bits per heavy atom. The Hall–Kier alpha value is -3.01. The summed E-state index contributed by atoms with van der Waals surface area (Å²) < 4.78 is 47.0. The highest BCUT2D eigenvalue weighted by molar-refractivity contribution is 7.92. The minimum Gasteiger partial charge on any atom is -0.465 e. The summed E-state index contributed by atoms with van der Waals surface area (Å²) in [7, 11) is -4.13. The lowest BCUT2D eigenvalue weighted by molar-refractivity contribution is -0.141. The van der Waals surface area contributed by atoms with Crippen LogP contribution in [0.5, 0.6) is 0 Å². The molecule has 0 unspecified atom stereocenters. The van der Waals surface area contributed by atoms with E-state index in [1.807, 2.05) is 0 Å². The fourth-order valence-electron chi connectivity index (χ4n) is 2.51. The lowest BCUT2D eigenvalue weighted by atomic mass is 10.3. The largest absolute Gasteiger partial charge is 0.465 e. The first-order valence-corrected chi connectivity index (χ1v) is 9.52. The Morgan fingerprint density at radius 2 is 1.89 bits per heavy atom. The van der Waals surface area contributed by atoms with Crippen LogP contribution in [-0.4, -0.2) is 42.1 Å². The maximum absolute atomic E-state index is 13.3. The summed E-state index contributed by atoms with van der Waals surface area (Å²) in [6.45, 7) is 2.88. The molecule has 0 spiro atoms. The Balaban J connectivity index is 2.08. The number of anilines is 1. The van der Waals surface area contributed by atoms with Crippen LogP contribution in [0.15, 0.2) is 47.5 Å². The van der Waals surface area contributed by atoms with E-state index in [2.05, 4.69) is 10.2 Å². The van der Waals surface area contributed by atoms with Crippen LogP contribution >= 0.6 is 0 Å². The number of benzene rings is 1. The molecule has 8 nitrogen and oxygen atoms in total. The number of rotatable bonds is 6. The zero-order valence-corrected chi connectivity index (χ0v) is 15.5. The van der Waals surface area contributed by atoms with E-state index >= 15 is 0 Å². The number of hydrogen-bond donors (Lipinski definition) is 0. The molecule has 0 bridgehead atoms. The van der Waals surface area contributed by atoms with E-state index in [1.165, 1.54) is 34.9 Å². The molecule has 142 valence electrons. The average molecular weight is 392 g/mol. The van der Waals surface area contributed by atoms with Gasteiger partial charge in [0.15, 0.2) is 5.65 Å². The van der Waals surface area contributed by atoms with Gasteiger partial charge in [0.25, 0.3) is 10.0 Å². The standard InChI is InChI=1S/C17H17FN4O4S/c1-3-26-17(23)11-22(14-6-4-13(18)5-7-14)27(24,25)15-8-9-16-20-19-12(2)21(16)10-15/h4-10H,3,11H2,1-2H3. The number of nitrogens with zero attached hydrogens (tertiary/aromatic N) is 4. The van der Waals surface area contributed by atoms with Crippen LogP contribution < -0.4 is 4.31 Å². The highest BCUT2D eigenvalue weighted by Crippen LogP contribution is 2.24. The SMILES string of the molecule is CCOC(=O)CN(c1ccc(F)cc1)S(=O)(=O)c1ccc2nnc(C)n2c1. The van der Waals surface area contributed by atoms with E-state index in [0.29, 0.717) is 11.5 Å². The Labute approximate surface area is 155 Å². The number of ether oxygens (including phenoxy) is 1. The van der Waals surface area contributed by atoms with Gasteiger partial charge in [0.1, 0.15) is 23.1 Å². The molecule has 2 heterocycles. The predicted octanol–water partition coefficient (Wildman–Crippen LogP) is 1.94. The maximum Gasteiger partial charge on any atom is 0.326 e. The van der Waals surface area contributed by atoms with Gasteiger partial charge in [0.05, 0.1) is 12.3 Å². The lowest BCUT2D eigenvalue weighted by Gasteiger charge is -2.23. The molecule has 0 fully saturated rings. The third-order valence-corrected chi connectivity index (χ3v) is 5.58. The third-order valence-electron chi connectivity index (χ3n) is 3.83. The van der Waals surface area contributed by atoms with Crippen molar-refractivity contribution in [3.8, 4) is 0 Å². The fraction of sp³-hybridized carbons (Fsp3) is 0.235. The number of hydrogen-bond acceptors (Lipinski definition) is 6. The number of carbonyl (C=O) groups excluding carboxylic acids is 1. The Morgan fingerprint density at radius 3 is 2.56 bits per heavy atom. The maximum atomic E-state index is 13.3. The van der Waals surface area contributed by atoms with Crippen molar-refractivity contribution in [1.82, 2.24) is 14.6 Å². The summed E-state index contributed by atoms with van der Waals surface area (Å²) in [6.07, 6.45) is 1.38. The van der Waals surface area contributed by atoms with Crippen molar-refractivity contribution in [1.29, 1.82) is 0 Å². The van der Waals surface area contributed by atoms with Crippen molar-refractivity contribution in [2.45, 2.75) is 18.7 Å². The summed E-state index contributed by atoms with van der Waals surface area (Å²) in [5.41, 5.74) is 0.634. The topological polar surface area (TPSA) is 93.9 Å². The first-order valence-electron chi connectivity index (χ1n) is 8.08. The molecule has 3 rings (SSSR count). The quantitative estimate of drug-likeness (QED) is 0.595. The molecule has 0 N–H and O–H groups in total. The van der Waals surface area contributed by atoms with Gasteiger partial charge in [0.2, 0.25) is 0 Å². The summed E-state index contributed by atoms with van der Waals surface area (Å²) in [4.78, 5) is 11.9. The van der Waals surface area contributed by atoms with Crippen molar-refractivity contribution in [2.75, 3.05) is 17.5 Å². The second-order valence-electron chi connectivity index (χ2n) is 5.63. The monoisotopic (exact) mass is 392 g/mol. The van der Waals surface area contributed by atoms with Gasteiger partial charge < -0.3 is 4.74 Å². The van der Waals surface area contributed by atoms with Crippen LogP contribution in [-0.2, 0) is 19.6 Å². The van der Waals surface area contributed by atoms with Crippen molar-refractivity contribution in [3.63, 3.8) is 0 Å². The zero-order valence-electron chi connectivity index (χ0n) is 14.7. The van der Waals surface area contributed by atoms with Gasteiger partial charge in [-0.2, -0.15) is 0 Å². The zero-order chi connectivity index (χ0) is 19.6. The molecule has 27 heavy (non-hydrogen) atoms. The molecule has 0 radical (unpaired) electrons. The highest BCUT2D eigenvalue weighted by atomic mass is 32.2. The van der Waals surface area contributed by atoms with E-state index in [1.54, 1.807) is 13.8 Å². The Bertz CT molecular complexity index is 1080. The van der Waals surface area contributed by atoms with Crippen molar-refractivity contribution >= 4 is 27.3 Å². The summed E-state index contributed by atoms with van der Waals surface area (Å²) in [5, 5.41) is 7.81. The van der Waals surface area contributed by atoms with Crippen LogP contribution in [0.1, 0.15) is 12.7 Å². The number of pyridine rings is 1. The first-order chi connectivity index (χ1) is 12.8. The van der Waals surface area contributed by atoms with Gasteiger partial charge in [-0.15, -0.1) is 10.2 Å². The predicted molar refractivity (Wildman–Crippen MR) is 95.3 cm³/mol. The van der Waals surface area contributed by atoms with E-state index in [-0.39, 0.29) is 17.2 Å². The van der Waals surface area contributed by atoms with Crippen LogP contribution in [0.4, 0.5) is 10.1 Å². The summed E-state index contributed by atoms with van der Waals surface area (Å²) >= 11 is 0. The van der Waals surface area contributed by atoms with Crippen LogP contribution in [0.25, 0.3) is 5.65 Å². The van der Waals surface area contributed by atoms with E-state index in [9.17, 15) is 17.6 Å². The number of halogens is 1. The summed E-state index contributed by atoms with van der Waals surface area (Å²) in [5.74, 6) is -0.721. The molecule has 3 aromatic rings. The number of esters is 1. The number of fused-ring (bicyclic) bond motifs is 1. The minimum atomic E-state index is -4.13. The Kier molecular flexibility index (Phi) is 5.08. The molecule has 0 saturated carbocycles. The molecule has 0 saturated heterocycles. The van der Waals surface area contributed by atoms with E-state index in [4.69, 9.17) is 4.74 Å². The molecule has 0 aliphatic carbocycles. The van der Waals surface area contributed by atoms with Gasteiger partial charge in [-0.3, -0.25) is 13.5 Å². The van der Waals surface area contributed by atoms with Crippen molar-refractivity contribution < 1.29 is 22.3 Å². The number of aromatic nitrogens is 3. The second-order valence-corrected chi connectivity index (χ2v) is 7.50. The molecule has 2 aromatic heterocycles. The second kappa shape index (κ2) is 7.31. The molecule has 0 atom stereocenters. The van der Waals surface area contributed by atoms with Gasteiger partial charge >= 0.3 is 5.97 Å². The van der Waals surface area contributed by atoms with Gasteiger partial charge in [-0.25, -0.2) is 12.8 Å². The van der Waals surface area contributed by atoms with Crippen molar-refractivity contribution in [3.05, 3.63) is 54.2 Å². The van der Waals surface area contributed by atoms with Gasteiger partial charge in [0, 0.05) is 6.20 Å². The van der Waals surface area contributed by atoms with Gasteiger partial charge in [-0.05, 0) is 50.2 Å². The number of aryl methyl sites for hydroxylation is 1. The lowest BCUT2D eigenvalue weighted by Crippen LogP contribution is -2.36. The van der Waals surface area contributed by atoms with Crippen LogP contribution in [0.2, 0.25) is 0 Å². The van der Waals surface area contributed by atoms with E-state index in [0.717, 1.165) is 16.4 Å². The van der Waals surface area contributed by atoms with Crippen molar-refractivity contribution in [2.24, 2.45) is 0 Å².